The van der Waals surface area contributed by atoms with Crippen LogP contribution in [0, 0.1) is 12.7 Å². The molecule has 3 rings (SSSR count). The zero-order chi connectivity index (χ0) is 19.6. The second-order valence-electron chi connectivity index (χ2n) is 7.50. The van der Waals surface area contributed by atoms with Crippen molar-refractivity contribution in [2.24, 2.45) is 0 Å². The average Bonchev–Trinajstić information content (AvgIpc) is 3.01. The van der Waals surface area contributed by atoms with E-state index in [1.54, 1.807) is 12.1 Å². The zero-order valence-electron chi connectivity index (χ0n) is 17.0. The Balaban J connectivity index is 1.74. The fourth-order valence-corrected chi connectivity index (χ4v) is 3.82. The van der Waals surface area contributed by atoms with Crippen molar-refractivity contribution in [3.05, 3.63) is 35.5 Å². The fraction of sp³-hybridized carbons (Fsp3) is 0.571. The first kappa shape index (κ1) is 19.8. The number of aromatic nitrogens is 1. The predicted octanol–water partition coefficient (Wildman–Crippen LogP) is 4.10. The second-order valence-corrected chi connectivity index (χ2v) is 7.50. The Hall–Kier alpha value is -1.92. The van der Waals surface area contributed by atoms with Gasteiger partial charge < -0.3 is 9.15 Å². The van der Waals surface area contributed by atoms with Crippen LogP contribution < -0.4 is 4.74 Å². The number of rotatable bonds is 6. The lowest BCUT2D eigenvalue weighted by molar-refractivity contribution is 0.0450. The lowest BCUT2D eigenvalue weighted by Crippen LogP contribution is -2.54. The smallest absolute Gasteiger partial charge is 0.229 e. The van der Waals surface area contributed by atoms with E-state index >= 15 is 0 Å². The quantitative estimate of drug-likeness (QED) is 0.760. The van der Waals surface area contributed by atoms with Crippen LogP contribution in [0.5, 0.6) is 5.75 Å². The van der Waals surface area contributed by atoms with Gasteiger partial charge in [-0.05, 0) is 39.3 Å². The van der Waals surface area contributed by atoms with E-state index in [9.17, 15) is 4.39 Å². The van der Waals surface area contributed by atoms with Gasteiger partial charge >= 0.3 is 0 Å². The number of halogens is 1. The molecule has 1 saturated heterocycles. The van der Waals surface area contributed by atoms with E-state index in [1.807, 2.05) is 6.92 Å². The third-order valence-electron chi connectivity index (χ3n) is 5.42. The summed E-state index contributed by atoms with van der Waals surface area (Å²) in [5, 5.41) is 0. The number of aryl methyl sites for hydroxylation is 1. The Kier molecular flexibility index (Phi) is 6.17. The standard InChI is InChI=1S/C21H30FN3O2/c1-6-16-12-24(9-10-25(16)14(2)3)13-20-15(4)27-21(23-20)18-8-7-17(26-5)11-19(18)22/h7-8,11,14,16H,6,9-10,12-13H2,1-5H3. The van der Waals surface area contributed by atoms with Crippen LogP contribution in [0.1, 0.15) is 38.6 Å². The molecule has 0 N–H and O–H groups in total. The summed E-state index contributed by atoms with van der Waals surface area (Å²) >= 11 is 0. The van der Waals surface area contributed by atoms with E-state index in [2.05, 4.69) is 35.6 Å². The minimum atomic E-state index is -0.390. The number of benzene rings is 1. The van der Waals surface area contributed by atoms with E-state index in [1.165, 1.54) is 13.2 Å². The largest absolute Gasteiger partial charge is 0.497 e. The van der Waals surface area contributed by atoms with E-state index in [0.29, 0.717) is 29.3 Å². The summed E-state index contributed by atoms with van der Waals surface area (Å²) in [5.41, 5.74) is 1.24. The molecule has 0 aliphatic carbocycles. The third-order valence-corrected chi connectivity index (χ3v) is 5.42. The van der Waals surface area contributed by atoms with Crippen molar-refractivity contribution >= 4 is 0 Å². The molecule has 0 saturated carbocycles. The highest BCUT2D eigenvalue weighted by atomic mass is 19.1. The molecular formula is C21H30FN3O2. The van der Waals surface area contributed by atoms with E-state index in [0.717, 1.165) is 44.1 Å². The maximum Gasteiger partial charge on any atom is 0.229 e. The normalized spacial score (nSPS) is 19.0. The molecule has 6 heteroatoms. The minimum absolute atomic E-state index is 0.329. The molecule has 5 nitrogen and oxygen atoms in total. The topological polar surface area (TPSA) is 41.7 Å². The first-order valence-electron chi connectivity index (χ1n) is 9.71. The van der Waals surface area contributed by atoms with Crippen molar-refractivity contribution in [2.75, 3.05) is 26.7 Å². The zero-order valence-corrected chi connectivity index (χ0v) is 17.0. The van der Waals surface area contributed by atoms with Gasteiger partial charge in [-0.15, -0.1) is 0 Å². The van der Waals surface area contributed by atoms with Crippen molar-refractivity contribution in [1.29, 1.82) is 0 Å². The highest BCUT2D eigenvalue weighted by molar-refractivity contribution is 5.56. The highest BCUT2D eigenvalue weighted by Gasteiger charge is 2.28. The van der Waals surface area contributed by atoms with Crippen LogP contribution in [0.15, 0.2) is 22.6 Å². The molecule has 1 unspecified atom stereocenters. The maximum absolute atomic E-state index is 14.3. The van der Waals surface area contributed by atoms with E-state index in [4.69, 9.17) is 9.15 Å². The highest BCUT2D eigenvalue weighted by Crippen LogP contribution is 2.28. The van der Waals surface area contributed by atoms with Gasteiger partial charge in [0.2, 0.25) is 5.89 Å². The van der Waals surface area contributed by atoms with Crippen LogP contribution in [0.4, 0.5) is 4.39 Å². The van der Waals surface area contributed by atoms with Gasteiger partial charge in [-0.3, -0.25) is 9.80 Å². The van der Waals surface area contributed by atoms with Crippen molar-refractivity contribution < 1.29 is 13.5 Å². The Bertz CT molecular complexity index is 775. The molecular weight excluding hydrogens is 345 g/mol. The molecule has 0 spiro atoms. The number of methoxy groups -OCH3 is 1. The van der Waals surface area contributed by atoms with Crippen molar-refractivity contribution in [2.45, 2.75) is 52.7 Å². The molecule has 1 aromatic heterocycles. The van der Waals surface area contributed by atoms with Gasteiger partial charge in [-0.2, -0.15) is 0 Å². The number of hydrogen-bond acceptors (Lipinski definition) is 5. The summed E-state index contributed by atoms with van der Waals surface area (Å²) in [4.78, 5) is 9.59. The van der Waals surface area contributed by atoms with Gasteiger partial charge in [-0.25, -0.2) is 9.37 Å². The summed E-state index contributed by atoms with van der Waals surface area (Å²) in [6, 6.07) is 5.85. The van der Waals surface area contributed by atoms with E-state index in [-0.39, 0.29) is 0 Å². The van der Waals surface area contributed by atoms with Gasteiger partial charge in [0.05, 0.1) is 18.4 Å². The second kappa shape index (κ2) is 8.40. The summed E-state index contributed by atoms with van der Waals surface area (Å²) in [7, 11) is 1.52. The number of ether oxygens (including phenoxy) is 1. The van der Waals surface area contributed by atoms with Crippen LogP contribution in [-0.2, 0) is 6.54 Å². The first-order valence-corrected chi connectivity index (χ1v) is 9.71. The Morgan fingerprint density at radius 3 is 2.74 bits per heavy atom. The van der Waals surface area contributed by atoms with Crippen LogP contribution in [0.2, 0.25) is 0 Å². The Labute approximate surface area is 161 Å². The first-order chi connectivity index (χ1) is 12.9. The van der Waals surface area contributed by atoms with Gasteiger partial charge in [-0.1, -0.05) is 6.92 Å². The summed E-state index contributed by atoms with van der Waals surface area (Å²) < 4.78 is 25.2. The van der Waals surface area contributed by atoms with Crippen LogP contribution in [-0.4, -0.2) is 53.6 Å². The van der Waals surface area contributed by atoms with Crippen molar-refractivity contribution in [3.8, 4) is 17.2 Å². The summed E-state index contributed by atoms with van der Waals surface area (Å²) in [6.45, 7) is 12.5. The lowest BCUT2D eigenvalue weighted by Gasteiger charge is -2.43. The molecule has 0 bridgehead atoms. The molecule has 2 aromatic rings. The van der Waals surface area contributed by atoms with Gasteiger partial charge in [0.15, 0.2) is 0 Å². The molecule has 1 aliphatic rings. The lowest BCUT2D eigenvalue weighted by atomic mass is 10.1. The van der Waals surface area contributed by atoms with Crippen LogP contribution in [0.3, 0.4) is 0 Å². The van der Waals surface area contributed by atoms with E-state index < -0.39 is 5.82 Å². The van der Waals surface area contributed by atoms with Gasteiger partial charge in [0.25, 0.3) is 0 Å². The van der Waals surface area contributed by atoms with Crippen LogP contribution >= 0.6 is 0 Å². The fourth-order valence-electron chi connectivity index (χ4n) is 3.82. The van der Waals surface area contributed by atoms with Crippen molar-refractivity contribution in [3.63, 3.8) is 0 Å². The summed E-state index contributed by atoms with van der Waals surface area (Å²) in [6.07, 6.45) is 1.13. The number of oxazole rings is 1. The molecule has 1 fully saturated rings. The molecule has 148 valence electrons. The Morgan fingerprint density at radius 2 is 2.11 bits per heavy atom. The number of nitrogens with zero attached hydrogens (tertiary/aromatic N) is 3. The third kappa shape index (κ3) is 4.33. The number of hydrogen-bond donors (Lipinski definition) is 0. The van der Waals surface area contributed by atoms with Crippen LogP contribution in [0.25, 0.3) is 11.5 Å². The molecule has 1 aromatic carbocycles. The molecule has 1 atom stereocenters. The summed E-state index contributed by atoms with van der Waals surface area (Å²) in [5.74, 6) is 1.17. The molecule has 0 amide bonds. The minimum Gasteiger partial charge on any atom is -0.497 e. The maximum atomic E-state index is 14.3. The number of piperazine rings is 1. The van der Waals surface area contributed by atoms with Crippen molar-refractivity contribution in [1.82, 2.24) is 14.8 Å². The monoisotopic (exact) mass is 375 g/mol. The van der Waals surface area contributed by atoms with Gasteiger partial charge in [0.1, 0.15) is 17.3 Å². The van der Waals surface area contributed by atoms with Gasteiger partial charge in [0, 0.05) is 44.3 Å². The average molecular weight is 375 g/mol. The molecule has 2 heterocycles. The SMILES string of the molecule is CCC1CN(Cc2nc(-c3ccc(OC)cc3F)oc2C)CCN1C(C)C. The Morgan fingerprint density at radius 1 is 1.33 bits per heavy atom. The molecule has 1 aliphatic heterocycles. The molecule has 27 heavy (non-hydrogen) atoms. The molecule has 0 radical (unpaired) electrons. The predicted molar refractivity (Wildman–Crippen MR) is 104 cm³/mol.